The first-order chi connectivity index (χ1) is 7.76. The predicted octanol–water partition coefficient (Wildman–Crippen LogP) is 3.52. The molecule has 1 aromatic carbocycles. The Morgan fingerprint density at radius 3 is 2.56 bits per heavy atom. The molecule has 3 heteroatoms. The zero-order valence-corrected chi connectivity index (χ0v) is 10.5. The van der Waals surface area contributed by atoms with Crippen LogP contribution in [0, 0.1) is 0 Å². The van der Waals surface area contributed by atoms with Gasteiger partial charge in [0, 0.05) is 5.56 Å². The monoisotopic (exact) mass is 232 g/mol. The first-order valence-electron chi connectivity index (χ1n) is 5.59. The van der Waals surface area contributed by atoms with Crippen molar-refractivity contribution in [1.82, 2.24) is 4.98 Å². The Balaban J connectivity index is 2.53. The van der Waals surface area contributed by atoms with Gasteiger partial charge >= 0.3 is 0 Å². The van der Waals surface area contributed by atoms with Crippen molar-refractivity contribution in [1.29, 1.82) is 0 Å². The third-order valence-corrected chi connectivity index (χ3v) is 3.68. The summed E-state index contributed by atoms with van der Waals surface area (Å²) in [4.78, 5) is 4.60. The van der Waals surface area contributed by atoms with Gasteiger partial charge in [-0.3, -0.25) is 0 Å². The van der Waals surface area contributed by atoms with Crippen molar-refractivity contribution >= 4 is 16.3 Å². The number of nitrogen functional groups attached to an aromatic ring is 1. The molecule has 0 saturated heterocycles. The van der Waals surface area contributed by atoms with Gasteiger partial charge in [0.25, 0.3) is 0 Å². The summed E-state index contributed by atoms with van der Waals surface area (Å²) in [5.41, 5.74) is 9.47. The summed E-state index contributed by atoms with van der Waals surface area (Å²) in [5, 5.41) is 1.94. The number of nitrogens with two attached hydrogens (primary N) is 1. The minimum Gasteiger partial charge on any atom is -0.389 e. The summed E-state index contributed by atoms with van der Waals surface area (Å²) in [7, 11) is 0. The lowest BCUT2D eigenvalue weighted by molar-refractivity contribution is 1.09. The summed E-state index contributed by atoms with van der Waals surface area (Å²) in [6, 6.07) is 8.34. The molecule has 0 radical (unpaired) electrons. The molecule has 1 heterocycles. The van der Waals surface area contributed by atoms with E-state index in [2.05, 4.69) is 37.0 Å². The van der Waals surface area contributed by atoms with Gasteiger partial charge in [-0.1, -0.05) is 38.1 Å². The number of aryl methyl sites for hydroxylation is 2. The molecular formula is C13H16N2S. The number of rotatable bonds is 3. The van der Waals surface area contributed by atoms with Gasteiger partial charge in [-0.25, -0.2) is 4.98 Å². The average Bonchev–Trinajstić information content (AvgIpc) is 2.70. The molecule has 84 valence electrons. The van der Waals surface area contributed by atoms with Gasteiger partial charge in [0.1, 0.15) is 10.7 Å². The maximum absolute atomic E-state index is 6.03. The molecule has 0 aliphatic carbocycles. The molecule has 2 nitrogen and oxygen atoms in total. The molecule has 2 aromatic rings. The molecule has 0 aliphatic heterocycles. The summed E-state index contributed by atoms with van der Waals surface area (Å²) < 4.78 is 0. The standard InChI is InChI=1S/C13H16N2S/c1-3-9-7-5-6-8-10(9)12-13(14)16-11(4-2)15-12/h5-8H,3-4,14H2,1-2H3. The van der Waals surface area contributed by atoms with E-state index in [4.69, 9.17) is 5.73 Å². The first kappa shape index (κ1) is 11.1. The largest absolute Gasteiger partial charge is 0.389 e. The van der Waals surface area contributed by atoms with Gasteiger partial charge in [0.05, 0.1) is 5.01 Å². The lowest BCUT2D eigenvalue weighted by Gasteiger charge is -2.05. The number of hydrogen-bond donors (Lipinski definition) is 1. The van der Waals surface area contributed by atoms with E-state index in [1.807, 2.05) is 6.07 Å². The van der Waals surface area contributed by atoms with E-state index in [0.717, 1.165) is 28.5 Å². The Labute approximate surface area is 100 Å². The van der Waals surface area contributed by atoms with E-state index in [1.165, 1.54) is 11.1 Å². The van der Waals surface area contributed by atoms with Crippen LogP contribution < -0.4 is 5.73 Å². The zero-order valence-electron chi connectivity index (χ0n) is 9.66. The highest BCUT2D eigenvalue weighted by Gasteiger charge is 2.11. The topological polar surface area (TPSA) is 38.9 Å². The SMILES string of the molecule is CCc1nc(-c2ccccc2CC)c(N)s1. The molecule has 2 rings (SSSR count). The summed E-state index contributed by atoms with van der Waals surface area (Å²) >= 11 is 1.60. The molecule has 0 amide bonds. The molecule has 0 fully saturated rings. The second-order valence-corrected chi connectivity index (χ2v) is 4.80. The summed E-state index contributed by atoms with van der Waals surface area (Å²) in [6.45, 7) is 4.26. The van der Waals surface area contributed by atoms with Crippen LogP contribution in [0.25, 0.3) is 11.3 Å². The minimum absolute atomic E-state index is 0.831. The summed E-state index contributed by atoms with van der Waals surface area (Å²) in [5.74, 6) is 0. The van der Waals surface area contributed by atoms with E-state index < -0.39 is 0 Å². The predicted molar refractivity (Wildman–Crippen MR) is 70.7 cm³/mol. The molecule has 0 saturated carbocycles. The fourth-order valence-electron chi connectivity index (χ4n) is 1.78. The van der Waals surface area contributed by atoms with Crippen LogP contribution in [-0.2, 0) is 12.8 Å². The van der Waals surface area contributed by atoms with Crippen molar-refractivity contribution in [3.05, 3.63) is 34.8 Å². The second-order valence-electron chi connectivity index (χ2n) is 3.68. The Bertz CT molecular complexity index is 488. The Hall–Kier alpha value is -1.35. The Morgan fingerprint density at radius 1 is 1.19 bits per heavy atom. The van der Waals surface area contributed by atoms with Gasteiger partial charge < -0.3 is 5.73 Å². The van der Waals surface area contributed by atoms with E-state index in [0.29, 0.717) is 0 Å². The van der Waals surface area contributed by atoms with E-state index in [-0.39, 0.29) is 0 Å². The molecule has 1 aromatic heterocycles. The average molecular weight is 232 g/mol. The number of nitrogens with zero attached hydrogens (tertiary/aromatic N) is 1. The van der Waals surface area contributed by atoms with Crippen LogP contribution in [-0.4, -0.2) is 4.98 Å². The number of anilines is 1. The molecule has 2 N–H and O–H groups in total. The lowest BCUT2D eigenvalue weighted by Crippen LogP contribution is -1.91. The zero-order chi connectivity index (χ0) is 11.5. The van der Waals surface area contributed by atoms with Crippen LogP contribution in [0.1, 0.15) is 24.4 Å². The van der Waals surface area contributed by atoms with Crippen molar-refractivity contribution in [3.8, 4) is 11.3 Å². The smallest absolute Gasteiger partial charge is 0.114 e. The highest BCUT2D eigenvalue weighted by molar-refractivity contribution is 7.16. The molecule has 0 bridgehead atoms. The molecule has 0 unspecified atom stereocenters. The van der Waals surface area contributed by atoms with Crippen molar-refractivity contribution in [2.75, 3.05) is 5.73 Å². The Morgan fingerprint density at radius 2 is 1.94 bits per heavy atom. The number of thiazole rings is 1. The number of aromatic nitrogens is 1. The summed E-state index contributed by atoms with van der Waals surface area (Å²) in [6.07, 6.45) is 1.96. The van der Waals surface area contributed by atoms with E-state index in [1.54, 1.807) is 11.3 Å². The van der Waals surface area contributed by atoms with E-state index in [9.17, 15) is 0 Å². The third kappa shape index (κ3) is 1.95. The van der Waals surface area contributed by atoms with Crippen LogP contribution in [0.5, 0.6) is 0 Å². The van der Waals surface area contributed by atoms with Crippen LogP contribution in [0.15, 0.2) is 24.3 Å². The normalized spacial score (nSPS) is 10.6. The van der Waals surface area contributed by atoms with Crippen molar-refractivity contribution in [2.24, 2.45) is 0 Å². The van der Waals surface area contributed by atoms with Gasteiger partial charge in [0.15, 0.2) is 0 Å². The fraction of sp³-hybridized carbons (Fsp3) is 0.308. The maximum Gasteiger partial charge on any atom is 0.114 e. The molecular weight excluding hydrogens is 216 g/mol. The third-order valence-electron chi connectivity index (χ3n) is 2.65. The Kier molecular flexibility index (Phi) is 3.25. The van der Waals surface area contributed by atoms with Crippen LogP contribution in [0.4, 0.5) is 5.00 Å². The molecule has 0 spiro atoms. The minimum atomic E-state index is 0.831. The fourth-order valence-corrected chi connectivity index (χ4v) is 2.57. The maximum atomic E-state index is 6.03. The lowest BCUT2D eigenvalue weighted by atomic mass is 10.0. The molecule has 0 atom stereocenters. The molecule has 0 aliphatic rings. The van der Waals surface area contributed by atoms with Crippen LogP contribution in [0.2, 0.25) is 0 Å². The van der Waals surface area contributed by atoms with Crippen molar-refractivity contribution < 1.29 is 0 Å². The van der Waals surface area contributed by atoms with Crippen molar-refractivity contribution in [3.63, 3.8) is 0 Å². The number of benzene rings is 1. The van der Waals surface area contributed by atoms with Crippen LogP contribution >= 0.6 is 11.3 Å². The molecule has 16 heavy (non-hydrogen) atoms. The van der Waals surface area contributed by atoms with E-state index >= 15 is 0 Å². The van der Waals surface area contributed by atoms with Gasteiger partial charge in [0.2, 0.25) is 0 Å². The van der Waals surface area contributed by atoms with Gasteiger partial charge in [-0.15, -0.1) is 11.3 Å². The van der Waals surface area contributed by atoms with Gasteiger partial charge in [-0.05, 0) is 18.4 Å². The quantitative estimate of drug-likeness (QED) is 0.879. The highest BCUT2D eigenvalue weighted by Crippen LogP contribution is 2.32. The van der Waals surface area contributed by atoms with Crippen LogP contribution in [0.3, 0.4) is 0 Å². The second kappa shape index (κ2) is 4.66. The first-order valence-corrected chi connectivity index (χ1v) is 6.41. The van der Waals surface area contributed by atoms with Gasteiger partial charge in [-0.2, -0.15) is 0 Å². The van der Waals surface area contributed by atoms with Crippen molar-refractivity contribution in [2.45, 2.75) is 26.7 Å². The highest BCUT2D eigenvalue weighted by atomic mass is 32.1. The number of hydrogen-bond acceptors (Lipinski definition) is 3.